The Labute approximate surface area is 104 Å². The molecule has 6 heteroatoms. The summed E-state index contributed by atoms with van der Waals surface area (Å²) >= 11 is 0. The number of hydrogen-bond acceptors (Lipinski definition) is 2. The van der Waals surface area contributed by atoms with Crippen LogP contribution in [0.2, 0.25) is 0 Å². The summed E-state index contributed by atoms with van der Waals surface area (Å²) in [5.41, 5.74) is -0.190. The Morgan fingerprint density at radius 2 is 2.11 bits per heavy atom. The molecule has 0 radical (unpaired) electrons. The summed E-state index contributed by atoms with van der Waals surface area (Å²) in [6.07, 6.45) is 0.777. The molecule has 0 saturated carbocycles. The third-order valence-electron chi connectivity index (χ3n) is 2.36. The molecule has 18 heavy (non-hydrogen) atoms. The Balaban J connectivity index is 2.92. The molecular formula is C12H15FN2O3. The van der Waals surface area contributed by atoms with Crippen molar-refractivity contribution in [2.45, 2.75) is 13.3 Å². The Morgan fingerprint density at radius 1 is 1.44 bits per heavy atom. The Morgan fingerprint density at radius 3 is 2.67 bits per heavy atom. The summed E-state index contributed by atoms with van der Waals surface area (Å²) in [5.74, 6) is -1.82. The molecule has 0 saturated heterocycles. The second-order valence-corrected chi connectivity index (χ2v) is 3.85. The first-order valence-corrected chi connectivity index (χ1v) is 5.50. The van der Waals surface area contributed by atoms with Crippen molar-refractivity contribution in [2.75, 3.05) is 18.9 Å². The molecule has 0 aliphatic rings. The number of halogens is 1. The van der Waals surface area contributed by atoms with E-state index in [1.54, 1.807) is 7.05 Å². The van der Waals surface area contributed by atoms with E-state index in [1.807, 2.05) is 6.92 Å². The van der Waals surface area contributed by atoms with Gasteiger partial charge in [0, 0.05) is 13.6 Å². The van der Waals surface area contributed by atoms with E-state index in [4.69, 9.17) is 5.11 Å². The summed E-state index contributed by atoms with van der Waals surface area (Å²) in [6, 6.07) is 2.67. The van der Waals surface area contributed by atoms with Crippen molar-refractivity contribution in [1.29, 1.82) is 0 Å². The highest BCUT2D eigenvalue weighted by Crippen LogP contribution is 2.17. The number of amides is 2. The van der Waals surface area contributed by atoms with Gasteiger partial charge in [0.05, 0.1) is 11.3 Å². The molecule has 98 valence electrons. The number of benzene rings is 1. The number of nitrogens with one attached hydrogen (secondary N) is 1. The predicted molar refractivity (Wildman–Crippen MR) is 65.3 cm³/mol. The lowest BCUT2D eigenvalue weighted by Gasteiger charge is -2.17. The number of carbonyl (C=O) groups is 2. The number of carboxylic acid groups (broad SMARTS) is 1. The lowest BCUT2D eigenvalue weighted by molar-refractivity contribution is 0.0698. The maximum absolute atomic E-state index is 13.1. The van der Waals surface area contributed by atoms with Crippen molar-refractivity contribution in [3.8, 4) is 0 Å². The molecule has 5 nitrogen and oxygen atoms in total. The van der Waals surface area contributed by atoms with Crippen LogP contribution in [0.5, 0.6) is 0 Å². The summed E-state index contributed by atoms with van der Waals surface area (Å²) in [4.78, 5) is 24.0. The van der Waals surface area contributed by atoms with Crippen LogP contribution in [-0.4, -0.2) is 35.6 Å². The van der Waals surface area contributed by atoms with Crippen LogP contribution in [0.4, 0.5) is 14.9 Å². The van der Waals surface area contributed by atoms with E-state index in [0.29, 0.717) is 6.54 Å². The molecule has 0 atom stereocenters. The van der Waals surface area contributed by atoms with Gasteiger partial charge in [0.2, 0.25) is 0 Å². The Kier molecular flexibility index (Phi) is 4.65. The van der Waals surface area contributed by atoms with Gasteiger partial charge in [-0.3, -0.25) is 0 Å². The van der Waals surface area contributed by atoms with Crippen molar-refractivity contribution in [1.82, 2.24) is 4.90 Å². The van der Waals surface area contributed by atoms with Crippen LogP contribution >= 0.6 is 0 Å². The average Bonchev–Trinajstić information content (AvgIpc) is 2.28. The number of urea groups is 1. The van der Waals surface area contributed by atoms with Crippen LogP contribution in [0, 0.1) is 5.82 Å². The highest BCUT2D eigenvalue weighted by molar-refractivity contribution is 5.99. The molecule has 2 amide bonds. The smallest absolute Gasteiger partial charge is 0.337 e. The van der Waals surface area contributed by atoms with Gasteiger partial charge in [0.1, 0.15) is 5.82 Å². The molecule has 0 aliphatic heterocycles. The maximum atomic E-state index is 13.1. The van der Waals surface area contributed by atoms with Crippen LogP contribution in [0.3, 0.4) is 0 Å². The minimum atomic E-state index is -1.22. The predicted octanol–water partition coefficient (Wildman–Crippen LogP) is 2.40. The number of nitrogens with zero attached hydrogens (tertiary/aromatic N) is 1. The van der Waals surface area contributed by atoms with Gasteiger partial charge in [-0.1, -0.05) is 6.92 Å². The molecule has 1 aromatic rings. The standard InChI is InChI=1S/C12H15FN2O3/c1-3-6-15(2)12(18)14-10-7-8(13)4-5-9(10)11(16)17/h4-5,7H,3,6H2,1-2H3,(H,14,18)(H,16,17). The normalized spacial score (nSPS) is 9.94. The van der Waals surface area contributed by atoms with Crippen molar-refractivity contribution < 1.29 is 19.1 Å². The SMILES string of the molecule is CCCN(C)C(=O)Nc1cc(F)ccc1C(=O)O. The number of anilines is 1. The fraction of sp³-hybridized carbons (Fsp3) is 0.333. The maximum Gasteiger partial charge on any atom is 0.337 e. The molecule has 0 fully saturated rings. The van der Waals surface area contributed by atoms with Crippen LogP contribution in [0.25, 0.3) is 0 Å². The molecule has 0 unspecified atom stereocenters. The van der Waals surface area contributed by atoms with Gasteiger partial charge in [0.25, 0.3) is 0 Å². The van der Waals surface area contributed by atoms with Gasteiger partial charge in [-0.05, 0) is 24.6 Å². The summed E-state index contributed by atoms with van der Waals surface area (Å²) < 4.78 is 13.1. The minimum Gasteiger partial charge on any atom is -0.478 e. The number of carboxylic acids is 1. The highest BCUT2D eigenvalue weighted by atomic mass is 19.1. The van der Waals surface area contributed by atoms with E-state index >= 15 is 0 Å². The van der Waals surface area contributed by atoms with Crippen molar-refractivity contribution in [3.05, 3.63) is 29.6 Å². The van der Waals surface area contributed by atoms with Crippen LogP contribution in [0.15, 0.2) is 18.2 Å². The zero-order valence-electron chi connectivity index (χ0n) is 10.2. The zero-order valence-corrected chi connectivity index (χ0v) is 10.2. The summed E-state index contributed by atoms with van der Waals surface area (Å²) in [7, 11) is 1.58. The molecule has 1 aromatic carbocycles. The summed E-state index contributed by atoms with van der Waals surface area (Å²) in [5, 5.41) is 11.3. The van der Waals surface area contributed by atoms with E-state index in [2.05, 4.69) is 5.32 Å². The quantitative estimate of drug-likeness (QED) is 0.866. The molecule has 0 heterocycles. The van der Waals surface area contributed by atoms with Crippen LogP contribution < -0.4 is 5.32 Å². The topological polar surface area (TPSA) is 69.6 Å². The molecule has 2 N–H and O–H groups in total. The number of aromatic carboxylic acids is 1. The first-order chi connectivity index (χ1) is 8.45. The van der Waals surface area contributed by atoms with Crippen LogP contribution in [-0.2, 0) is 0 Å². The number of carbonyl (C=O) groups excluding carboxylic acids is 1. The molecule has 0 aromatic heterocycles. The second-order valence-electron chi connectivity index (χ2n) is 3.85. The largest absolute Gasteiger partial charge is 0.478 e. The Hall–Kier alpha value is -2.11. The monoisotopic (exact) mass is 254 g/mol. The van der Waals surface area contributed by atoms with Gasteiger partial charge in [0.15, 0.2) is 0 Å². The lowest BCUT2D eigenvalue weighted by Crippen LogP contribution is -2.32. The van der Waals surface area contributed by atoms with Gasteiger partial charge in [-0.15, -0.1) is 0 Å². The van der Waals surface area contributed by atoms with Crippen molar-refractivity contribution >= 4 is 17.7 Å². The molecule has 0 spiro atoms. The average molecular weight is 254 g/mol. The van der Waals surface area contributed by atoms with Gasteiger partial charge < -0.3 is 15.3 Å². The summed E-state index contributed by atoms with van der Waals surface area (Å²) in [6.45, 7) is 2.44. The van der Waals surface area contributed by atoms with E-state index < -0.39 is 17.8 Å². The fourth-order valence-corrected chi connectivity index (χ4v) is 1.45. The number of rotatable bonds is 4. The van der Waals surface area contributed by atoms with Crippen LogP contribution in [0.1, 0.15) is 23.7 Å². The molecule has 0 bridgehead atoms. The zero-order chi connectivity index (χ0) is 13.7. The first kappa shape index (κ1) is 14.0. The molecular weight excluding hydrogens is 239 g/mol. The third kappa shape index (κ3) is 3.44. The highest BCUT2D eigenvalue weighted by Gasteiger charge is 2.15. The second kappa shape index (κ2) is 6.00. The number of hydrogen-bond donors (Lipinski definition) is 2. The minimum absolute atomic E-state index is 0.0459. The lowest BCUT2D eigenvalue weighted by atomic mass is 10.2. The van der Waals surface area contributed by atoms with Crippen molar-refractivity contribution in [3.63, 3.8) is 0 Å². The first-order valence-electron chi connectivity index (χ1n) is 5.50. The van der Waals surface area contributed by atoms with E-state index in [-0.39, 0.29) is 11.3 Å². The van der Waals surface area contributed by atoms with Gasteiger partial charge >= 0.3 is 12.0 Å². The fourth-order valence-electron chi connectivity index (χ4n) is 1.45. The van der Waals surface area contributed by atoms with Gasteiger partial charge in [-0.25, -0.2) is 14.0 Å². The third-order valence-corrected chi connectivity index (χ3v) is 2.36. The van der Waals surface area contributed by atoms with Gasteiger partial charge in [-0.2, -0.15) is 0 Å². The Bertz CT molecular complexity index is 463. The molecule has 0 aliphatic carbocycles. The van der Waals surface area contributed by atoms with E-state index in [0.717, 1.165) is 24.6 Å². The van der Waals surface area contributed by atoms with E-state index in [9.17, 15) is 14.0 Å². The molecule has 1 rings (SSSR count). The van der Waals surface area contributed by atoms with E-state index in [1.165, 1.54) is 4.90 Å². The van der Waals surface area contributed by atoms with Crippen molar-refractivity contribution in [2.24, 2.45) is 0 Å².